The van der Waals surface area contributed by atoms with Gasteiger partial charge in [-0.05, 0) is 12.8 Å². The fourth-order valence-electron chi connectivity index (χ4n) is 3.77. The van der Waals surface area contributed by atoms with Crippen LogP contribution in [0.2, 0.25) is 0 Å². The average molecular weight is 387 g/mol. The minimum Gasteiger partial charge on any atom is -0.391 e. The van der Waals surface area contributed by atoms with E-state index in [-0.39, 0.29) is 0 Å². The van der Waals surface area contributed by atoms with E-state index < -0.39 is 0 Å². The van der Waals surface area contributed by atoms with E-state index in [1.807, 2.05) is 0 Å². The van der Waals surface area contributed by atoms with Crippen molar-refractivity contribution >= 4 is 0 Å². The number of unbranched alkanes of at least 4 members (excludes halogenated alkanes) is 13. The van der Waals surface area contributed by atoms with Gasteiger partial charge in [-0.15, -0.1) is 0 Å². The van der Waals surface area contributed by atoms with Crippen LogP contribution >= 0.6 is 0 Å². The monoisotopic (exact) mass is 386 g/mol. The highest BCUT2D eigenvalue weighted by atomic mass is 16.3. The second kappa shape index (κ2) is 16.8. The van der Waals surface area contributed by atoms with Crippen LogP contribution in [0.15, 0.2) is 0 Å². The molecule has 0 amide bonds. The smallest absolute Gasteiger partial charge is 0.128 e. The summed E-state index contributed by atoms with van der Waals surface area (Å²) >= 11 is 0. The molecule has 0 spiro atoms. The maximum Gasteiger partial charge on any atom is 0.128 e. The predicted octanol–water partition coefficient (Wildman–Crippen LogP) is 5.61. The zero-order valence-corrected chi connectivity index (χ0v) is 19.8. The highest BCUT2D eigenvalue weighted by Crippen LogP contribution is 2.13. The quantitative estimate of drug-likeness (QED) is 0.213. The lowest BCUT2D eigenvalue weighted by molar-refractivity contribution is -0.946. The van der Waals surface area contributed by atoms with Crippen molar-refractivity contribution in [1.82, 2.24) is 0 Å². The molecule has 0 aliphatic rings. The van der Waals surface area contributed by atoms with Gasteiger partial charge in [-0.2, -0.15) is 0 Å². The number of hydrogen-bond donors (Lipinski definition) is 1. The Hall–Kier alpha value is -0.120. The summed E-state index contributed by atoms with van der Waals surface area (Å²) in [4.78, 5) is 0. The molecule has 0 radical (unpaired) electrons. The number of aliphatic hydroxyl groups is 1. The first kappa shape index (κ1) is 26.9. The van der Waals surface area contributed by atoms with Crippen LogP contribution in [0.4, 0.5) is 0 Å². The molecule has 0 heterocycles. The van der Waals surface area contributed by atoms with E-state index in [1.165, 1.54) is 103 Å². The first-order valence-electron chi connectivity index (χ1n) is 12.1. The Labute approximate surface area is 172 Å². The molecule has 0 aromatic rings. The van der Waals surface area contributed by atoms with Crippen LogP contribution in [-0.4, -0.2) is 75.0 Å². The molecule has 0 aromatic heterocycles. The third kappa shape index (κ3) is 19.0. The summed E-state index contributed by atoms with van der Waals surface area (Å²) in [5, 5.41) is 9.15. The van der Waals surface area contributed by atoms with Crippen molar-refractivity contribution in [3.8, 4) is 0 Å². The highest BCUT2D eigenvalue weighted by Gasteiger charge is 2.21. The van der Waals surface area contributed by atoms with Crippen molar-refractivity contribution in [3.05, 3.63) is 0 Å². The topological polar surface area (TPSA) is 20.2 Å². The second-order valence-corrected chi connectivity index (χ2v) is 10.1. The number of nitrogens with zero attached hydrogens (tertiary/aromatic N) is 2. The molecule has 3 heteroatoms. The molecule has 0 aliphatic carbocycles. The number of hydrogen-bond acceptors (Lipinski definition) is 1. The number of aliphatic hydroxyl groups excluding tert-OH is 1. The van der Waals surface area contributed by atoms with Gasteiger partial charge in [0.05, 0.1) is 41.3 Å². The maximum absolute atomic E-state index is 9.15. The molecule has 164 valence electrons. The van der Waals surface area contributed by atoms with E-state index in [0.717, 1.165) is 22.1 Å². The normalized spacial score (nSPS) is 12.7. The van der Waals surface area contributed by atoms with Crippen LogP contribution < -0.4 is 0 Å². The van der Waals surface area contributed by atoms with Crippen molar-refractivity contribution < 1.29 is 14.1 Å². The van der Waals surface area contributed by atoms with Gasteiger partial charge in [-0.3, -0.25) is 0 Å². The average Bonchev–Trinajstić information content (AvgIpc) is 2.60. The Morgan fingerprint density at radius 1 is 0.444 bits per heavy atom. The zero-order valence-electron chi connectivity index (χ0n) is 19.8. The van der Waals surface area contributed by atoms with Crippen molar-refractivity contribution in [2.24, 2.45) is 0 Å². The largest absolute Gasteiger partial charge is 0.391 e. The molecule has 0 rings (SSSR count). The van der Waals surface area contributed by atoms with Crippen LogP contribution in [0.5, 0.6) is 0 Å². The van der Waals surface area contributed by atoms with E-state index in [2.05, 4.69) is 35.1 Å². The van der Waals surface area contributed by atoms with E-state index >= 15 is 0 Å². The van der Waals surface area contributed by atoms with Crippen LogP contribution in [0.1, 0.15) is 96.8 Å². The molecular formula is C24H54N2O+2. The molecule has 0 bridgehead atoms. The number of likely N-dealkylation sites (N-methyl/N-ethyl adjacent to an activating group) is 2. The lowest BCUT2D eigenvalue weighted by Gasteiger charge is -2.35. The minimum atomic E-state index is 0.291. The summed E-state index contributed by atoms with van der Waals surface area (Å²) in [6.45, 7) is 7.08. The van der Waals surface area contributed by atoms with Crippen molar-refractivity contribution in [2.45, 2.75) is 96.8 Å². The minimum absolute atomic E-state index is 0.291. The molecule has 0 atom stereocenters. The Morgan fingerprint density at radius 3 is 1.15 bits per heavy atom. The van der Waals surface area contributed by atoms with Gasteiger partial charge < -0.3 is 14.1 Å². The number of quaternary nitrogens is 2. The standard InChI is InChI=1S/C24H54N2O/c1-6-7-8-9-10-11-12-13-14-15-16-17-18-19-20-25(2,3)21-22-26(4,5)23-24-27/h27H,6-24H2,1-5H3/q+2. The molecular weight excluding hydrogens is 332 g/mol. The van der Waals surface area contributed by atoms with Crippen LogP contribution in [0.3, 0.4) is 0 Å². The fraction of sp³-hybridized carbons (Fsp3) is 1.00. The van der Waals surface area contributed by atoms with Crippen LogP contribution in [0, 0.1) is 0 Å². The van der Waals surface area contributed by atoms with Gasteiger partial charge in [-0.1, -0.05) is 84.0 Å². The van der Waals surface area contributed by atoms with Gasteiger partial charge in [0.2, 0.25) is 0 Å². The molecule has 0 fully saturated rings. The molecule has 3 nitrogen and oxygen atoms in total. The lowest BCUT2D eigenvalue weighted by atomic mass is 10.0. The summed E-state index contributed by atoms with van der Waals surface area (Å²) in [7, 11) is 9.17. The molecule has 0 saturated carbocycles. The maximum atomic E-state index is 9.15. The molecule has 0 aliphatic heterocycles. The van der Waals surface area contributed by atoms with Crippen LogP contribution in [0.25, 0.3) is 0 Å². The van der Waals surface area contributed by atoms with Crippen molar-refractivity contribution in [1.29, 1.82) is 0 Å². The van der Waals surface area contributed by atoms with E-state index in [4.69, 9.17) is 5.11 Å². The third-order valence-corrected chi connectivity index (χ3v) is 6.13. The second-order valence-electron chi connectivity index (χ2n) is 10.1. The third-order valence-electron chi connectivity index (χ3n) is 6.13. The fourth-order valence-corrected chi connectivity index (χ4v) is 3.77. The van der Waals surface area contributed by atoms with Crippen LogP contribution in [-0.2, 0) is 0 Å². The zero-order chi connectivity index (χ0) is 20.4. The molecule has 27 heavy (non-hydrogen) atoms. The summed E-state index contributed by atoms with van der Waals surface area (Å²) in [5.41, 5.74) is 0. The summed E-state index contributed by atoms with van der Waals surface area (Å²) in [6, 6.07) is 0. The van der Waals surface area contributed by atoms with Crippen molar-refractivity contribution in [3.63, 3.8) is 0 Å². The molecule has 0 aromatic carbocycles. The molecule has 0 unspecified atom stereocenters. The lowest BCUT2D eigenvalue weighted by Crippen LogP contribution is -2.52. The Kier molecular flexibility index (Phi) is 16.7. The van der Waals surface area contributed by atoms with Gasteiger partial charge in [0.25, 0.3) is 0 Å². The highest BCUT2D eigenvalue weighted by molar-refractivity contribution is 4.49. The predicted molar refractivity (Wildman–Crippen MR) is 121 cm³/mol. The summed E-state index contributed by atoms with van der Waals surface area (Å²) in [6.07, 6.45) is 20.0. The van der Waals surface area contributed by atoms with Gasteiger partial charge in [0, 0.05) is 0 Å². The van der Waals surface area contributed by atoms with E-state index in [0.29, 0.717) is 6.61 Å². The van der Waals surface area contributed by atoms with Gasteiger partial charge in [0.15, 0.2) is 0 Å². The van der Waals surface area contributed by atoms with E-state index in [9.17, 15) is 0 Å². The molecule has 1 N–H and O–H groups in total. The summed E-state index contributed by atoms with van der Waals surface area (Å²) in [5.74, 6) is 0. The number of rotatable bonds is 20. The molecule has 0 saturated heterocycles. The SMILES string of the molecule is CCCCCCCCCCCCCCCC[N+](C)(C)CC[N+](C)(C)CCO. The van der Waals surface area contributed by atoms with Crippen molar-refractivity contribution in [2.75, 3.05) is 61.0 Å². The summed E-state index contributed by atoms with van der Waals surface area (Å²) < 4.78 is 2.04. The van der Waals surface area contributed by atoms with Gasteiger partial charge in [0.1, 0.15) is 19.6 Å². The van der Waals surface area contributed by atoms with Gasteiger partial charge >= 0.3 is 0 Å². The Bertz CT molecular complexity index is 316. The van der Waals surface area contributed by atoms with Gasteiger partial charge in [-0.25, -0.2) is 0 Å². The van der Waals surface area contributed by atoms with E-state index in [1.54, 1.807) is 0 Å². The Balaban J connectivity index is 3.42. The Morgan fingerprint density at radius 2 is 0.778 bits per heavy atom. The first-order chi connectivity index (χ1) is 12.8. The first-order valence-corrected chi connectivity index (χ1v) is 12.1.